The molecule has 1 heterocycles. The van der Waals surface area contributed by atoms with Gasteiger partial charge < -0.3 is 10.7 Å². The van der Waals surface area contributed by atoms with Gasteiger partial charge in [0, 0.05) is 16.1 Å². The molecule has 0 spiro atoms. The monoisotopic (exact) mass is 384 g/mol. The van der Waals surface area contributed by atoms with Crippen LogP contribution in [0.1, 0.15) is 24.0 Å². The maximum absolute atomic E-state index is 13.5. The van der Waals surface area contributed by atoms with E-state index in [2.05, 4.69) is 4.98 Å². The first-order valence-electron chi connectivity index (χ1n) is 8.18. The summed E-state index contributed by atoms with van der Waals surface area (Å²) in [6.07, 6.45) is -2.52. The van der Waals surface area contributed by atoms with Crippen LogP contribution < -0.4 is 5.73 Å². The van der Waals surface area contributed by atoms with Gasteiger partial charge in [-0.05, 0) is 73.3 Å². The topological polar surface area (TPSA) is 41.8 Å². The standard InChI is InChI=1S/C19H17ClF4N2/c20-12-9-15-14(3-1-2-8-25)17(11-4-6-13(21)7-5-11)26-18(15)16(10-12)19(22,23)24/h4-7,9-10,26H,1-3,8,25H2. The first-order valence-corrected chi connectivity index (χ1v) is 8.56. The first-order chi connectivity index (χ1) is 12.3. The van der Waals surface area contributed by atoms with Crippen LogP contribution in [0.2, 0.25) is 5.02 Å². The molecule has 138 valence electrons. The van der Waals surface area contributed by atoms with Crippen LogP contribution in [-0.4, -0.2) is 11.5 Å². The molecule has 0 radical (unpaired) electrons. The third-order valence-corrected chi connectivity index (χ3v) is 4.52. The summed E-state index contributed by atoms with van der Waals surface area (Å²) in [5.41, 5.74) is 6.61. The molecule has 2 aromatic carbocycles. The van der Waals surface area contributed by atoms with Crippen molar-refractivity contribution in [1.82, 2.24) is 4.98 Å². The van der Waals surface area contributed by atoms with Gasteiger partial charge in [-0.15, -0.1) is 0 Å². The molecule has 3 N–H and O–H groups in total. The van der Waals surface area contributed by atoms with Crippen LogP contribution in [0.3, 0.4) is 0 Å². The van der Waals surface area contributed by atoms with Crippen LogP contribution in [0.15, 0.2) is 36.4 Å². The van der Waals surface area contributed by atoms with E-state index in [0.717, 1.165) is 24.5 Å². The van der Waals surface area contributed by atoms with Crippen molar-refractivity contribution < 1.29 is 17.6 Å². The maximum Gasteiger partial charge on any atom is 0.418 e. The van der Waals surface area contributed by atoms with Crippen molar-refractivity contribution in [2.45, 2.75) is 25.4 Å². The van der Waals surface area contributed by atoms with Gasteiger partial charge in [0.05, 0.1) is 11.1 Å². The zero-order valence-corrected chi connectivity index (χ0v) is 14.5. The Kier molecular flexibility index (Phi) is 5.25. The predicted molar refractivity (Wildman–Crippen MR) is 95.7 cm³/mol. The minimum absolute atomic E-state index is 0.0102. The van der Waals surface area contributed by atoms with Crippen molar-refractivity contribution >= 4 is 22.5 Å². The number of aromatic amines is 1. The number of aromatic nitrogens is 1. The number of fused-ring (bicyclic) bond motifs is 1. The van der Waals surface area contributed by atoms with Gasteiger partial charge in [0.2, 0.25) is 0 Å². The maximum atomic E-state index is 13.5. The van der Waals surface area contributed by atoms with Gasteiger partial charge in [0.1, 0.15) is 5.82 Å². The highest BCUT2D eigenvalue weighted by Gasteiger charge is 2.34. The molecule has 0 saturated carbocycles. The number of aryl methyl sites for hydroxylation is 1. The van der Waals surface area contributed by atoms with E-state index in [1.54, 1.807) is 12.1 Å². The van der Waals surface area contributed by atoms with Crippen LogP contribution in [0.5, 0.6) is 0 Å². The van der Waals surface area contributed by atoms with E-state index in [9.17, 15) is 17.6 Å². The van der Waals surface area contributed by atoms with Gasteiger partial charge in [0.25, 0.3) is 0 Å². The minimum Gasteiger partial charge on any atom is -0.354 e. The Morgan fingerprint density at radius 2 is 1.73 bits per heavy atom. The second-order valence-corrected chi connectivity index (χ2v) is 6.54. The molecule has 0 aliphatic rings. The number of nitrogens with one attached hydrogen (secondary N) is 1. The van der Waals surface area contributed by atoms with Gasteiger partial charge in [-0.3, -0.25) is 0 Å². The van der Waals surface area contributed by atoms with E-state index in [-0.39, 0.29) is 10.5 Å². The number of nitrogens with two attached hydrogens (primary N) is 1. The highest BCUT2D eigenvalue weighted by Crippen LogP contribution is 2.41. The van der Waals surface area contributed by atoms with Gasteiger partial charge in [-0.2, -0.15) is 13.2 Å². The zero-order chi connectivity index (χ0) is 18.9. The number of H-pyrrole nitrogens is 1. The molecule has 3 aromatic rings. The molecule has 2 nitrogen and oxygen atoms in total. The van der Waals surface area contributed by atoms with Crippen molar-refractivity contribution in [3.63, 3.8) is 0 Å². The fourth-order valence-electron chi connectivity index (χ4n) is 3.11. The second-order valence-electron chi connectivity index (χ2n) is 6.10. The Bertz CT molecular complexity index is 914. The van der Waals surface area contributed by atoms with Gasteiger partial charge in [-0.1, -0.05) is 11.6 Å². The van der Waals surface area contributed by atoms with Crippen molar-refractivity contribution in [3.05, 3.63) is 58.4 Å². The summed E-state index contributed by atoms with van der Waals surface area (Å²) >= 11 is 5.96. The number of benzene rings is 2. The van der Waals surface area contributed by atoms with Gasteiger partial charge >= 0.3 is 6.18 Å². The van der Waals surface area contributed by atoms with Crippen molar-refractivity contribution in [1.29, 1.82) is 0 Å². The SMILES string of the molecule is NCCCCc1c(-c2ccc(F)cc2)[nH]c2c(C(F)(F)F)cc(Cl)cc12. The summed E-state index contributed by atoms with van der Waals surface area (Å²) < 4.78 is 53.6. The summed E-state index contributed by atoms with van der Waals surface area (Å²) in [7, 11) is 0. The summed E-state index contributed by atoms with van der Waals surface area (Å²) in [6.45, 7) is 0.503. The number of hydrogen-bond acceptors (Lipinski definition) is 1. The van der Waals surface area contributed by atoms with E-state index < -0.39 is 17.6 Å². The summed E-state index contributed by atoms with van der Waals surface area (Å²) in [5.74, 6) is -0.409. The largest absolute Gasteiger partial charge is 0.418 e. The molecular weight excluding hydrogens is 368 g/mol. The molecule has 3 rings (SSSR count). The zero-order valence-electron chi connectivity index (χ0n) is 13.8. The molecule has 0 saturated heterocycles. The minimum atomic E-state index is -4.54. The Balaban J connectivity index is 2.25. The van der Waals surface area contributed by atoms with Gasteiger partial charge in [0.15, 0.2) is 0 Å². The molecule has 26 heavy (non-hydrogen) atoms. The quantitative estimate of drug-likeness (QED) is 0.415. The average molecular weight is 385 g/mol. The molecule has 0 unspecified atom stereocenters. The van der Waals surface area contributed by atoms with E-state index in [1.807, 2.05) is 0 Å². The highest BCUT2D eigenvalue weighted by atomic mass is 35.5. The van der Waals surface area contributed by atoms with E-state index in [4.69, 9.17) is 17.3 Å². The number of unbranched alkanes of at least 4 members (excludes halogenated alkanes) is 1. The van der Waals surface area contributed by atoms with Gasteiger partial charge in [-0.25, -0.2) is 4.39 Å². The van der Waals surface area contributed by atoms with Crippen LogP contribution in [0.4, 0.5) is 17.6 Å². The van der Waals surface area contributed by atoms with E-state index in [1.165, 1.54) is 18.2 Å². The molecule has 0 fully saturated rings. The van der Waals surface area contributed by atoms with Crippen molar-refractivity contribution in [2.75, 3.05) is 6.54 Å². The Morgan fingerprint density at radius 3 is 2.35 bits per heavy atom. The molecule has 1 aromatic heterocycles. The summed E-state index contributed by atoms with van der Waals surface area (Å²) in [5, 5.41) is 0.454. The van der Waals surface area contributed by atoms with E-state index >= 15 is 0 Å². The number of alkyl halides is 3. The fraction of sp³-hybridized carbons (Fsp3) is 0.263. The smallest absolute Gasteiger partial charge is 0.354 e. The highest BCUT2D eigenvalue weighted by molar-refractivity contribution is 6.31. The van der Waals surface area contributed by atoms with Crippen LogP contribution in [0, 0.1) is 5.82 Å². The van der Waals surface area contributed by atoms with Crippen LogP contribution in [-0.2, 0) is 12.6 Å². The predicted octanol–water partition coefficient (Wildman–Crippen LogP) is 5.93. The molecule has 0 atom stereocenters. The Morgan fingerprint density at radius 1 is 1.04 bits per heavy atom. The molecule has 0 aliphatic carbocycles. The lowest BCUT2D eigenvalue weighted by Crippen LogP contribution is -2.05. The average Bonchev–Trinajstić information content (AvgIpc) is 2.93. The van der Waals surface area contributed by atoms with Crippen molar-refractivity contribution in [3.8, 4) is 11.3 Å². The normalized spacial score (nSPS) is 12.1. The Hall–Kier alpha value is -2.05. The third-order valence-electron chi connectivity index (χ3n) is 4.30. The Labute approximate surface area is 153 Å². The molecule has 0 aliphatic heterocycles. The number of halogens is 5. The van der Waals surface area contributed by atoms with Crippen LogP contribution in [0.25, 0.3) is 22.2 Å². The molecular formula is C19H17ClF4N2. The van der Waals surface area contributed by atoms with E-state index in [0.29, 0.717) is 29.6 Å². The lowest BCUT2D eigenvalue weighted by Gasteiger charge is -2.09. The molecule has 0 bridgehead atoms. The summed E-state index contributed by atoms with van der Waals surface area (Å²) in [4.78, 5) is 2.90. The molecule has 7 heteroatoms. The number of hydrogen-bond donors (Lipinski definition) is 2. The lowest BCUT2D eigenvalue weighted by atomic mass is 9.99. The lowest BCUT2D eigenvalue weighted by molar-refractivity contribution is -0.136. The third kappa shape index (κ3) is 3.71. The first kappa shape index (κ1) is 18.7. The molecule has 0 amide bonds. The second kappa shape index (κ2) is 7.29. The van der Waals surface area contributed by atoms with Crippen LogP contribution >= 0.6 is 11.6 Å². The number of rotatable bonds is 5. The fourth-order valence-corrected chi connectivity index (χ4v) is 3.33. The van der Waals surface area contributed by atoms with Crippen molar-refractivity contribution in [2.24, 2.45) is 5.73 Å². The summed E-state index contributed by atoms with van der Waals surface area (Å²) in [6, 6.07) is 8.10.